The van der Waals surface area contributed by atoms with Crippen LogP contribution in [0.2, 0.25) is 13.6 Å². The second kappa shape index (κ2) is 7.30. The highest BCUT2D eigenvalue weighted by molar-refractivity contribution is 6.52. The minimum Gasteiger partial charge on any atom is -0.331 e. The minimum absolute atomic E-state index is 0.591. The smallest absolute Gasteiger partial charge is 0.307 e. The maximum Gasteiger partial charge on any atom is 0.307 e. The molecule has 0 amide bonds. The van der Waals surface area contributed by atoms with Gasteiger partial charge in [0.05, 0.1) is 0 Å². The Labute approximate surface area is 126 Å². The van der Waals surface area contributed by atoms with Crippen LogP contribution in [0.4, 0.5) is 0 Å². The van der Waals surface area contributed by atoms with E-state index in [-0.39, 0.29) is 0 Å². The van der Waals surface area contributed by atoms with E-state index in [2.05, 4.69) is 53.8 Å². The molecule has 6 heteroatoms. The van der Waals surface area contributed by atoms with Crippen molar-refractivity contribution in [3.8, 4) is 0 Å². The van der Waals surface area contributed by atoms with Gasteiger partial charge < -0.3 is 19.2 Å². The van der Waals surface area contributed by atoms with E-state index in [1.165, 1.54) is 52.1 Å². The van der Waals surface area contributed by atoms with Crippen molar-refractivity contribution in [2.24, 2.45) is 0 Å². The summed E-state index contributed by atoms with van der Waals surface area (Å²) < 4.78 is 0. The molecule has 0 aromatic carbocycles. The molecule has 0 saturated carbocycles. The summed E-state index contributed by atoms with van der Waals surface area (Å²) in [5, 5.41) is 0. The lowest BCUT2D eigenvalue weighted by atomic mass is 9.69. The van der Waals surface area contributed by atoms with Gasteiger partial charge in [0.2, 0.25) is 0 Å². The fraction of sp³-hybridized carbons (Fsp3) is 1.00. The molecule has 0 radical (unpaired) electrons. The Morgan fingerprint density at radius 1 is 0.950 bits per heavy atom. The third-order valence-electron chi connectivity index (χ3n) is 5.46. The largest absolute Gasteiger partial charge is 0.331 e. The van der Waals surface area contributed by atoms with Crippen LogP contribution >= 0.6 is 0 Å². The van der Waals surface area contributed by atoms with Crippen LogP contribution in [0, 0.1) is 0 Å². The third kappa shape index (κ3) is 3.59. The Bertz CT molecular complexity index is 305. The minimum atomic E-state index is 0.591. The first-order chi connectivity index (χ1) is 9.54. The zero-order chi connectivity index (χ0) is 14.7. The molecule has 4 nitrogen and oxygen atoms in total. The second-order valence-corrected chi connectivity index (χ2v) is 6.66. The van der Waals surface area contributed by atoms with Crippen molar-refractivity contribution in [2.45, 2.75) is 46.4 Å². The Morgan fingerprint density at radius 3 is 2.30 bits per heavy atom. The first-order valence-corrected chi connectivity index (χ1v) is 8.48. The van der Waals surface area contributed by atoms with Crippen molar-refractivity contribution in [1.29, 1.82) is 0 Å². The molecular formula is C14H32B2N4. The standard InChI is InChI=1S/C14H32B2N4/c1-6-18-10-8-12-20(16(18)4)14(2)13-19-11-7-9-17(5)15(19)3/h14H,6-13H2,1-5H3. The quantitative estimate of drug-likeness (QED) is 0.718. The van der Waals surface area contributed by atoms with Crippen molar-refractivity contribution in [3.63, 3.8) is 0 Å². The molecule has 114 valence electrons. The topological polar surface area (TPSA) is 13.0 Å². The lowest BCUT2D eigenvalue weighted by Gasteiger charge is -2.46. The summed E-state index contributed by atoms with van der Waals surface area (Å²) in [4.78, 5) is 10.4. The van der Waals surface area contributed by atoms with E-state index in [1.807, 2.05) is 0 Å². The number of nitrogens with zero attached hydrogens (tertiary/aromatic N) is 4. The first-order valence-electron chi connectivity index (χ1n) is 8.48. The molecule has 0 bridgehead atoms. The highest BCUT2D eigenvalue weighted by atomic mass is 15.3. The average Bonchev–Trinajstić information content (AvgIpc) is 2.44. The molecule has 2 rings (SSSR count). The van der Waals surface area contributed by atoms with Gasteiger partial charge in [-0.05, 0) is 59.5 Å². The Kier molecular flexibility index (Phi) is 5.96. The predicted molar refractivity (Wildman–Crippen MR) is 90.1 cm³/mol. The van der Waals surface area contributed by atoms with Crippen molar-refractivity contribution in [3.05, 3.63) is 0 Å². The van der Waals surface area contributed by atoms with Gasteiger partial charge in [-0.3, -0.25) is 0 Å². The molecule has 0 aromatic heterocycles. The summed E-state index contributed by atoms with van der Waals surface area (Å²) in [5.74, 6) is 0. The SMILES string of the molecule is CCN1CCCN(C(C)CN2CCCN(C)B2C)B1C. The normalized spacial score (nSPS) is 26.2. The van der Waals surface area contributed by atoms with Crippen molar-refractivity contribution >= 4 is 14.0 Å². The van der Waals surface area contributed by atoms with E-state index in [0.717, 1.165) is 0 Å². The van der Waals surface area contributed by atoms with E-state index in [4.69, 9.17) is 0 Å². The molecule has 0 aromatic rings. The van der Waals surface area contributed by atoms with Crippen LogP contribution in [-0.2, 0) is 0 Å². The molecular weight excluding hydrogens is 246 g/mol. The Morgan fingerprint density at radius 2 is 1.60 bits per heavy atom. The van der Waals surface area contributed by atoms with Gasteiger partial charge in [0.1, 0.15) is 0 Å². The zero-order valence-electron chi connectivity index (χ0n) is 14.2. The Hall–Kier alpha value is -0.0301. The van der Waals surface area contributed by atoms with Gasteiger partial charge in [-0.1, -0.05) is 20.6 Å². The monoisotopic (exact) mass is 278 g/mol. The number of hydrogen-bond acceptors (Lipinski definition) is 4. The van der Waals surface area contributed by atoms with Crippen LogP contribution < -0.4 is 0 Å². The molecule has 2 heterocycles. The molecule has 20 heavy (non-hydrogen) atoms. The summed E-state index contributed by atoms with van der Waals surface area (Å²) in [6.45, 7) is 18.0. The molecule has 2 fully saturated rings. The third-order valence-corrected chi connectivity index (χ3v) is 5.46. The predicted octanol–water partition coefficient (Wildman–Crippen LogP) is 1.28. The molecule has 0 N–H and O–H groups in total. The highest BCUT2D eigenvalue weighted by Gasteiger charge is 2.34. The van der Waals surface area contributed by atoms with Gasteiger partial charge in [-0.2, -0.15) is 0 Å². The number of rotatable bonds is 4. The summed E-state index contributed by atoms with van der Waals surface area (Å²) >= 11 is 0. The van der Waals surface area contributed by atoms with Crippen molar-refractivity contribution < 1.29 is 0 Å². The fourth-order valence-electron chi connectivity index (χ4n) is 3.91. The summed E-state index contributed by atoms with van der Waals surface area (Å²) in [6.07, 6.45) is 2.63. The molecule has 1 atom stereocenters. The van der Waals surface area contributed by atoms with E-state index in [1.54, 1.807) is 0 Å². The van der Waals surface area contributed by atoms with E-state index >= 15 is 0 Å². The van der Waals surface area contributed by atoms with E-state index in [0.29, 0.717) is 20.0 Å². The van der Waals surface area contributed by atoms with Crippen LogP contribution in [0.15, 0.2) is 0 Å². The maximum atomic E-state index is 2.70. The average molecular weight is 278 g/mol. The number of hydrogen-bond donors (Lipinski definition) is 0. The second-order valence-electron chi connectivity index (χ2n) is 6.66. The zero-order valence-corrected chi connectivity index (χ0v) is 14.2. The lowest BCUT2D eigenvalue weighted by molar-refractivity contribution is 0.205. The van der Waals surface area contributed by atoms with Gasteiger partial charge in [0.15, 0.2) is 0 Å². The lowest BCUT2D eigenvalue weighted by Crippen LogP contribution is -2.62. The van der Waals surface area contributed by atoms with Gasteiger partial charge in [-0.25, -0.2) is 0 Å². The maximum absolute atomic E-state index is 2.70. The molecule has 1 unspecified atom stereocenters. The summed E-state index contributed by atoms with van der Waals surface area (Å²) in [6, 6.07) is 0.647. The summed E-state index contributed by atoms with van der Waals surface area (Å²) in [5.41, 5.74) is 0. The van der Waals surface area contributed by atoms with Crippen LogP contribution in [0.1, 0.15) is 26.7 Å². The van der Waals surface area contributed by atoms with E-state index < -0.39 is 0 Å². The molecule has 0 spiro atoms. The van der Waals surface area contributed by atoms with Gasteiger partial charge in [0.25, 0.3) is 0 Å². The van der Waals surface area contributed by atoms with E-state index in [9.17, 15) is 0 Å². The van der Waals surface area contributed by atoms with Gasteiger partial charge in [-0.15, -0.1) is 0 Å². The molecule has 2 aliphatic heterocycles. The van der Waals surface area contributed by atoms with Crippen LogP contribution in [0.5, 0.6) is 0 Å². The van der Waals surface area contributed by atoms with Gasteiger partial charge in [0, 0.05) is 12.6 Å². The summed E-state index contributed by atoms with van der Waals surface area (Å²) in [7, 11) is 2.25. The van der Waals surface area contributed by atoms with Gasteiger partial charge >= 0.3 is 14.0 Å². The van der Waals surface area contributed by atoms with Crippen molar-refractivity contribution in [1.82, 2.24) is 19.2 Å². The van der Waals surface area contributed by atoms with Crippen LogP contribution in [0.3, 0.4) is 0 Å². The van der Waals surface area contributed by atoms with Crippen LogP contribution in [-0.4, -0.2) is 85.6 Å². The Balaban J connectivity index is 1.91. The first kappa shape index (κ1) is 16.3. The van der Waals surface area contributed by atoms with Crippen molar-refractivity contribution in [2.75, 3.05) is 46.3 Å². The molecule has 2 saturated heterocycles. The van der Waals surface area contributed by atoms with Crippen LogP contribution in [0.25, 0.3) is 0 Å². The molecule has 0 aliphatic carbocycles. The fourth-order valence-corrected chi connectivity index (χ4v) is 3.91. The highest BCUT2D eigenvalue weighted by Crippen LogP contribution is 2.17. The molecule has 2 aliphatic rings.